The van der Waals surface area contributed by atoms with Crippen molar-refractivity contribution in [2.45, 2.75) is 53.4 Å². The number of esters is 1. The molecule has 16 heavy (non-hydrogen) atoms. The third-order valence-electron chi connectivity index (χ3n) is 3.50. The van der Waals surface area contributed by atoms with Crippen molar-refractivity contribution in [3.63, 3.8) is 0 Å². The Kier molecular flexibility index (Phi) is 8.26. The summed E-state index contributed by atoms with van der Waals surface area (Å²) < 4.78 is 6.23. The summed E-state index contributed by atoms with van der Waals surface area (Å²) in [7, 11) is 0. The second-order valence-corrected chi connectivity index (χ2v) is 4.39. The van der Waals surface area contributed by atoms with Crippen molar-refractivity contribution in [3.8, 4) is 0 Å². The Balaban J connectivity index is 3.87. The highest BCUT2D eigenvalue weighted by atomic mass is 16.5. The third kappa shape index (κ3) is 5.50. The molecule has 96 valence electrons. The van der Waals surface area contributed by atoms with Gasteiger partial charge in [-0.05, 0) is 27.2 Å². The summed E-state index contributed by atoms with van der Waals surface area (Å²) in [5.41, 5.74) is 0. The minimum Gasteiger partial charge on any atom is -0.415 e. The highest BCUT2D eigenvalue weighted by Gasteiger charge is 2.22. The molecule has 0 aromatic heterocycles. The van der Waals surface area contributed by atoms with E-state index in [1.54, 1.807) is 0 Å². The molecular formula is C13H28NO2+. The number of nitrogens with zero attached hydrogens (tertiary/aromatic N) is 1. The van der Waals surface area contributed by atoms with E-state index in [1.807, 2.05) is 0 Å². The standard InChI is InChI=1S/C13H28NO2/c1-5-9-10-11-13(15)16-12-14(6-2,7-3)8-4/h5-12H2,1-4H3/q+1. The smallest absolute Gasteiger partial charge is 0.310 e. The third-order valence-corrected chi connectivity index (χ3v) is 3.50. The van der Waals surface area contributed by atoms with Gasteiger partial charge in [-0.1, -0.05) is 19.8 Å². The number of ether oxygens (including phenoxy) is 1. The summed E-state index contributed by atoms with van der Waals surface area (Å²) in [6.07, 6.45) is 3.79. The Morgan fingerprint density at radius 3 is 2.00 bits per heavy atom. The van der Waals surface area contributed by atoms with Crippen molar-refractivity contribution in [1.29, 1.82) is 0 Å². The lowest BCUT2D eigenvalue weighted by Crippen LogP contribution is -2.49. The molecule has 0 amide bonds. The van der Waals surface area contributed by atoms with Gasteiger partial charge in [0.05, 0.1) is 19.6 Å². The summed E-state index contributed by atoms with van der Waals surface area (Å²) in [5, 5.41) is 0. The van der Waals surface area contributed by atoms with Crippen LogP contribution in [0, 0.1) is 0 Å². The number of carbonyl (C=O) groups excluding carboxylic acids is 1. The summed E-state index contributed by atoms with van der Waals surface area (Å²) in [6.45, 7) is 12.2. The molecule has 0 fully saturated rings. The van der Waals surface area contributed by atoms with Crippen LogP contribution in [0.5, 0.6) is 0 Å². The molecule has 3 heteroatoms. The predicted molar refractivity (Wildman–Crippen MR) is 67.0 cm³/mol. The SMILES string of the molecule is CCCCCC(=O)OC[N+](CC)(CC)CC. The van der Waals surface area contributed by atoms with Crippen LogP contribution >= 0.6 is 0 Å². The van der Waals surface area contributed by atoms with Gasteiger partial charge in [0.25, 0.3) is 0 Å². The van der Waals surface area contributed by atoms with Crippen molar-refractivity contribution < 1.29 is 14.0 Å². The highest BCUT2D eigenvalue weighted by molar-refractivity contribution is 5.69. The molecule has 0 aliphatic carbocycles. The molecule has 0 N–H and O–H groups in total. The Morgan fingerprint density at radius 2 is 1.56 bits per heavy atom. The van der Waals surface area contributed by atoms with Crippen LogP contribution < -0.4 is 0 Å². The quantitative estimate of drug-likeness (QED) is 0.263. The van der Waals surface area contributed by atoms with Crippen molar-refractivity contribution in [3.05, 3.63) is 0 Å². The number of quaternary nitrogens is 1. The largest absolute Gasteiger partial charge is 0.415 e. The molecule has 0 aliphatic heterocycles. The first-order chi connectivity index (χ1) is 7.64. The Bertz CT molecular complexity index is 180. The summed E-state index contributed by atoms with van der Waals surface area (Å²) in [5.74, 6) is -0.0358. The molecule has 0 spiro atoms. The van der Waals surface area contributed by atoms with Gasteiger partial charge in [-0.15, -0.1) is 0 Å². The van der Waals surface area contributed by atoms with Gasteiger partial charge in [0.15, 0.2) is 0 Å². The van der Waals surface area contributed by atoms with Crippen molar-refractivity contribution in [1.82, 2.24) is 0 Å². The maximum absolute atomic E-state index is 11.5. The van der Waals surface area contributed by atoms with Gasteiger partial charge in [0, 0.05) is 6.42 Å². The summed E-state index contributed by atoms with van der Waals surface area (Å²) >= 11 is 0. The second-order valence-electron chi connectivity index (χ2n) is 4.39. The van der Waals surface area contributed by atoms with E-state index >= 15 is 0 Å². The minimum atomic E-state index is -0.0358. The van der Waals surface area contributed by atoms with Crippen molar-refractivity contribution in [2.75, 3.05) is 26.4 Å². The maximum atomic E-state index is 11.5. The van der Waals surface area contributed by atoms with Crippen LogP contribution in [0.3, 0.4) is 0 Å². The van der Waals surface area contributed by atoms with Gasteiger partial charge in [0.2, 0.25) is 6.73 Å². The molecule has 0 radical (unpaired) electrons. The summed E-state index contributed by atoms with van der Waals surface area (Å²) in [4.78, 5) is 11.5. The Labute approximate surface area is 100 Å². The van der Waals surface area contributed by atoms with E-state index in [4.69, 9.17) is 4.74 Å². The minimum absolute atomic E-state index is 0.0358. The van der Waals surface area contributed by atoms with E-state index in [2.05, 4.69) is 27.7 Å². The van der Waals surface area contributed by atoms with Crippen molar-refractivity contribution >= 4 is 5.97 Å². The van der Waals surface area contributed by atoms with E-state index < -0.39 is 0 Å². The lowest BCUT2D eigenvalue weighted by atomic mass is 10.2. The zero-order valence-electron chi connectivity index (χ0n) is 11.4. The first-order valence-corrected chi connectivity index (χ1v) is 6.64. The Morgan fingerprint density at radius 1 is 1.00 bits per heavy atom. The fourth-order valence-electron chi connectivity index (χ4n) is 1.75. The summed E-state index contributed by atoms with van der Waals surface area (Å²) in [6, 6.07) is 0. The molecule has 0 aromatic rings. The molecule has 0 atom stereocenters. The molecule has 0 aliphatic rings. The number of carbonyl (C=O) groups is 1. The zero-order chi connectivity index (χ0) is 12.4. The van der Waals surface area contributed by atoms with Gasteiger partial charge in [0.1, 0.15) is 0 Å². The van der Waals surface area contributed by atoms with Crippen LogP contribution in [0.25, 0.3) is 0 Å². The Hall–Kier alpha value is -0.570. The van der Waals surface area contributed by atoms with Gasteiger partial charge >= 0.3 is 5.97 Å². The maximum Gasteiger partial charge on any atom is 0.310 e. The number of hydrogen-bond acceptors (Lipinski definition) is 2. The fraction of sp³-hybridized carbons (Fsp3) is 0.923. The van der Waals surface area contributed by atoms with Gasteiger partial charge in [-0.2, -0.15) is 0 Å². The molecular weight excluding hydrogens is 202 g/mol. The first kappa shape index (κ1) is 15.4. The lowest BCUT2D eigenvalue weighted by molar-refractivity contribution is -0.938. The van der Waals surface area contributed by atoms with E-state index in [0.717, 1.165) is 43.4 Å². The predicted octanol–water partition coefficient (Wildman–Crippen LogP) is 2.94. The molecule has 0 rings (SSSR count). The van der Waals surface area contributed by atoms with Crippen LogP contribution in [0.15, 0.2) is 0 Å². The molecule has 0 saturated carbocycles. The molecule has 3 nitrogen and oxygen atoms in total. The van der Waals surface area contributed by atoms with E-state index in [9.17, 15) is 4.79 Å². The van der Waals surface area contributed by atoms with Crippen molar-refractivity contribution in [2.24, 2.45) is 0 Å². The van der Waals surface area contributed by atoms with Gasteiger partial charge in [-0.3, -0.25) is 9.28 Å². The van der Waals surface area contributed by atoms with Crippen LogP contribution in [-0.2, 0) is 9.53 Å². The van der Waals surface area contributed by atoms with Crippen LogP contribution in [-0.4, -0.2) is 36.8 Å². The average molecular weight is 230 g/mol. The average Bonchev–Trinajstić information content (AvgIpc) is 2.32. The van der Waals surface area contributed by atoms with E-state index in [-0.39, 0.29) is 5.97 Å². The monoisotopic (exact) mass is 230 g/mol. The van der Waals surface area contributed by atoms with Gasteiger partial charge < -0.3 is 4.74 Å². The fourth-order valence-corrected chi connectivity index (χ4v) is 1.75. The molecule has 0 heterocycles. The van der Waals surface area contributed by atoms with Crippen LogP contribution in [0.4, 0.5) is 0 Å². The molecule has 0 saturated heterocycles. The zero-order valence-corrected chi connectivity index (χ0v) is 11.4. The van der Waals surface area contributed by atoms with E-state index in [1.165, 1.54) is 0 Å². The molecule has 0 unspecified atom stereocenters. The number of unbranched alkanes of at least 4 members (excludes halogenated alkanes) is 2. The molecule has 0 aromatic carbocycles. The van der Waals surface area contributed by atoms with Crippen LogP contribution in [0.2, 0.25) is 0 Å². The van der Waals surface area contributed by atoms with Crippen LogP contribution in [0.1, 0.15) is 53.4 Å². The highest BCUT2D eigenvalue weighted by Crippen LogP contribution is 2.07. The number of hydrogen-bond donors (Lipinski definition) is 0. The molecule has 0 bridgehead atoms. The van der Waals surface area contributed by atoms with E-state index in [0.29, 0.717) is 13.2 Å². The lowest BCUT2D eigenvalue weighted by Gasteiger charge is -2.34. The second kappa shape index (κ2) is 8.57. The topological polar surface area (TPSA) is 26.3 Å². The first-order valence-electron chi connectivity index (χ1n) is 6.64. The number of rotatable bonds is 9. The van der Waals surface area contributed by atoms with Gasteiger partial charge in [-0.25, -0.2) is 0 Å². The normalized spacial score (nSPS) is 11.5.